The van der Waals surface area contributed by atoms with E-state index < -0.39 is 0 Å². The van der Waals surface area contributed by atoms with Crippen molar-refractivity contribution in [2.24, 2.45) is 0 Å². The summed E-state index contributed by atoms with van der Waals surface area (Å²) in [6.45, 7) is 0. The first-order valence-electron chi connectivity index (χ1n) is 6.22. The normalized spacial score (nSPS) is 11.0. The van der Waals surface area contributed by atoms with Crippen LogP contribution in [0.1, 0.15) is 0 Å². The lowest BCUT2D eigenvalue weighted by Crippen LogP contribution is -1.83. The van der Waals surface area contributed by atoms with Crippen molar-refractivity contribution in [1.29, 1.82) is 0 Å². The van der Waals surface area contributed by atoms with Gasteiger partial charge in [-0.3, -0.25) is 5.10 Å². The predicted octanol–water partition coefficient (Wildman–Crippen LogP) is 4.39. The average Bonchev–Trinajstić information content (AvgIpc) is 3.23. The van der Waals surface area contributed by atoms with Crippen molar-refractivity contribution in [2.45, 2.75) is 0 Å². The summed E-state index contributed by atoms with van der Waals surface area (Å²) < 4.78 is 5.56. The van der Waals surface area contributed by atoms with E-state index in [1.807, 2.05) is 30.5 Å². The summed E-state index contributed by atoms with van der Waals surface area (Å²) >= 11 is 1.68. The number of nitrogens with zero attached hydrogens (tertiary/aromatic N) is 1. The van der Waals surface area contributed by atoms with Crippen molar-refractivity contribution in [3.63, 3.8) is 0 Å². The molecule has 4 rings (SSSR count). The van der Waals surface area contributed by atoms with Crippen LogP contribution in [0.25, 0.3) is 33.2 Å². The standard InChI is InChI=1S/C15H11N3OS/c1-3-11(16-6-1)14-10(13-4-2-8-19-13)9-20-15(14)12-5-7-17-18-12/h1-9,16H,(H,17,18). The van der Waals surface area contributed by atoms with E-state index in [1.165, 1.54) is 0 Å². The van der Waals surface area contributed by atoms with Crippen LogP contribution >= 0.6 is 11.3 Å². The molecule has 0 aliphatic rings. The number of aromatic amines is 2. The molecule has 5 heteroatoms. The zero-order valence-electron chi connectivity index (χ0n) is 10.5. The molecule has 4 aromatic rings. The van der Waals surface area contributed by atoms with E-state index in [9.17, 15) is 0 Å². The van der Waals surface area contributed by atoms with Crippen LogP contribution in [0.3, 0.4) is 0 Å². The molecule has 0 saturated heterocycles. The van der Waals surface area contributed by atoms with Crippen LogP contribution in [-0.2, 0) is 0 Å². The van der Waals surface area contributed by atoms with Gasteiger partial charge in [-0.05, 0) is 30.3 Å². The number of hydrogen-bond acceptors (Lipinski definition) is 3. The minimum Gasteiger partial charge on any atom is -0.464 e. The highest BCUT2D eigenvalue weighted by molar-refractivity contribution is 7.14. The van der Waals surface area contributed by atoms with Crippen molar-refractivity contribution in [3.05, 3.63) is 54.4 Å². The van der Waals surface area contributed by atoms with E-state index in [1.54, 1.807) is 23.8 Å². The molecule has 0 aliphatic carbocycles. The van der Waals surface area contributed by atoms with E-state index >= 15 is 0 Å². The van der Waals surface area contributed by atoms with Crippen LogP contribution in [0.2, 0.25) is 0 Å². The molecular formula is C15H11N3OS. The van der Waals surface area contributed by atoms with Gasteiger partial charge in [0.15, 0.2) is 0 Å². The molecule has 0 aromatic carbocycles. The Morgan fingerprint density at radius 2 is 2.10 bits per heavy atom. The van der Waals surface area contributed by atoms with Gasteiger partial charge in [-0.1, -0.05) is 0 Å². The first-order chi connectivity index (χ1) is 9.93. The van der Waals surface area contributed by atoms with Gasteiger partial charge in [0.2, 0.25) is 0 Å². The summed E-state index contributed by atoms with van der Waals surface area (Å²) in [7, 11) is 0. The molecule has 4 heterocycles. The van der Waals surface area contributed by atoms with Crippen molar-refractivity contribution in [2.75, 3.05) is 0 Å². The van der Waals surface area contributed by atoms with E-state index in [4.69, 9.17) is 4.42 Å². The average molecular weight is 281 g/mol. The highest BCUT2D eigenvalue weighted by Crippen LogP contribution is 2.43. The number of furan rings is 1. The lowest BCUT2D eigenvalue weighted by atomic mass is 10.0. The smallest absolute Gasteiger partial charge is 0.135 e. The minimum absolute atomic E-state index is 0.872. The second kappa shape index (κ2) is 4.54. The maximum atomic E-state index is 5.56. The zero-order chi connectivity index (χ0) is 13.4. The van der Waals surface area contributed by atoms with Crippen LogP contribution in [0.15, 0.2) is 58.8 Å². The summed E-state index contributed by atoms with van der Waals surface area (Å²) in [4.78, 5) is 4.42. The van der Waals surface area contributed by atoms with Crippen LogP contribution in [-0.4, -0.2) is 15.2 Å². The SMILES string of the molecule is c1c[nH]c(-c2c(-c3ccco3)csc2-c2ccn[nH]2)c1. The van der Waals surface area contributed by atoms with Gasteiger partial charge >= 0.3 is 0 Å². The minimum atomic E-state index is 0.872. The third-order valence-electron chi connectivity index (χ3n) is 3.19. The Hall–Kier alpha value is -2.53. The van der Waals surface area contributed by atoms with E-state index in [2.05, 4.69) is 26.6 Å². The molecule has 0 fully saturated rings. The van der Waals surface area contributed by atoms with Gasteiger partial charge in [-0.25, -0.2) is 0 Å². The quantitative estimate of drug-likeness (QED) is 0.585. The van der Waals surface area contributed by atoms with Crippen molar-refractivity contribution >= 4 is 11.3 Å². The number of aromatic nitrogens is 3. The molecule has 0 amide bonds. The molecular weight excluding hydrogens is 270 g/mol. The van der Waals surface area contributed by atoms with Gasteiger partial charge in [0.1, 0.15) is 5.76 Å². The number of nitrogens with one attached hydrogen (secondary N) is 2. The topological polar surface area (TPSA) is 57.6 Å². The van der Waals surface area contributed by atoms with Gasteiger partial charge in [0.25, 0.3) is 0 Å². The molecule has 0 atom stereocenters. The molecule has 4 nitrogen and oxygen atoms in total. The fraction of sp³-hybridized carbons (Fsp3) is 0. The van der Waals surface area contributed by atoms with Crippen molar-refractivity contribution in [1.82, 2.24) is 15.2 Å². The third kappa shape index (κ3) is 1.71. The number of hydrogen-bond donors (Lipinski definition) is 2. The van der Waals surface area contributed by atoms with Gasteiger partial charge in [0.05, 0.1) is 16.8 Å². The van der Waals surface area contributed by atoms with Crippen LogP contribution in [0.5, 0.6) is 0 Å². The summed E-state index contributed by atoms with van der Waals surface area (Å²) in [5, 5.41) is 9.19. The first-order valence-corrected chi connectivity index (χ1v) is 7.10. The predicted molar refractivity (Wildman–Crippen MR) is 79.4 cm³/mol. The molecule has 0 aliphatic heterocycles. The Morgan fingerprint density at radius 1 is 1.10 bits per heavy atom. The molecule has 20 heavy (non-hydrogen) atoms. The second-order valence-electron chi connectivity index (χ2n) is 4.38. The molecule has 2 N–H and O–H groups in total. The number of H-pyrrole nitrogens is 2. The Bertz CT molecular complexity index is 744. The second-order valence-corrected chi connectivity index (χ2v) is 5.26. The van der Waals surface area contributed by atoms with E-state index in [-0.39, 0.29) is 0 Å². The van der Waals surface area contributed by atoms with Gasteiger partial charge in [0, 0.05) is 34.6 Å². The molecule has 4 aromatic heterocycles. The monoisotopic (exact) mass is 281 g/mol. The van der Waals surface area contributed by atoms with Crippen LogP contribution < -0.4 is 0 Å². The Morgan fingerprint density at radius 3 is 2.80 bits per heavy atom. The molecule has 0 radical (unpaired) electrons. The number of thiophene rings is 1. The van der Waals surface area contributed by atoms with Gasteiger partial charge < -0.3 is 9.40 Å². The molecule has 0 unspecified atom stereocenters. The third-order valence-corrected chi connectivity index (χ3v) is 4.20. The van der Waals surface area contributed by atoms with Crippen LogP contribution in [0.4, 0.5) is 0 Å². The van der Waals surface area contributed by atoms with E-state index in [0.717, 1.165) is 33.2 Å². The zero-order valence-corrected chi connectivity index (χ0v) is 11.3. The van der Waals surface area contributed by atoms with Gasteiger partial charge in [-0.15, -0.1) is 11.3 Å². The van der Waals surface area contributed by atoms with Crippen LogP contribution in [0, 0.1) is 0 Å². The summed E-state index contributed by atoms with van der Waals surface area (Å²) in [6, 6.07) is 9.92. The van der Waals surface area contributed by atoms with Crippen molar-refractivity contribution < 1.29 is 4.42 Å². The lowest BCUT2D eigenvalue weighted by molar-refractivity contribution is 0.583. The Balaban J connectivity index is 1.98. The first kappa shape index (κ1) is 11.3. The largest absolute Gasteiger partial charge is 0.464 e. The Labute approximate surface area is 119 Å². The van der Waals surface area contributed by atoms with Crippen molar-refractivity contribution in [3.8, 4) is 33.2 Å². The highest BCUT2D eigenvalue weighted by atomic mass is 32.1. The Kier molecular flexibility index (Phi) is 2.57. The maximum Gasteiger partial charge on any atom is 0.135 e. The highest BCUT2D eigenvalue weighted by Gasteiger charge is 2.19. The summed E-state index contributed by atoms with van der Waals surface area (Å²) in [5.41, 5.74) is 4.31. The number of rotatable bonds is 3. The van der Waals surface area contributed by atoms with E-state index in [0.29, 0.717) is 0 Å². The maximum absolute atomic E-state index is 5.56. The fourth-order valence-corrected chi connectivity index (χ4v) is 3.35. The molecule has 98 valence electrons. The fourth-order valence-electron chi connectivity index (χ4n) is 2.30. The van der Waals surface area contributed by atoms with Gasteiger partial charge in [-0.2, -0.15) is 5.10 Å². The molecule has 0 saturated carbocycles. The lowest BCUT2D eigenvalue weighted by Gasteiger charge is -2.03. The molecule has 0 spiro atoms. The summed E-state index contributed by atoms with van der Waals surface area (Å²) in [5.74, 6) is 0.872. The summed E-state index contributed by atoms with van der Waals surface area (Å²) in [6.07, 6.45) is 5.39. The molecule has 0 bridgehead atoms.